The van der Waals surface area contributed by atoms with Gasteiger partial charge >= 0.3 is 0 Å². The molecule has 1 atom stereocenters. The SMILES string of the molecule is COc1cc(C(=O)NCC(Br)c2ccccc2)ccc1F. The van der Waals surface area contributed by atoms with Crippen LogP contribution < -0.4 is 10.1 Å². The second kappa shape index (κ2) is 7.22. The molecule has 5 heteroatoms. The number of hydrogen-bond donors (Lipinski definition) is 1. The number of carbonyl (C=O) groups is 1. The zero-order valence-corrected chi connectivity index (χ0v) is 13.1. The van der Waals surface area contributed by atoms with E-state index in [0.29, 0.717) is 12.1 Å². The summed E-state index contributed by atoms with van der Waals surface area (Å²) >= 11 is 3.53. The molecule has 0 spiro atoms. The second-order valence-corrected chi connectivity index (χ2v) is 5.54. The number of alkyl halides is 1. The van der Waals surface area contributed by atoms with Crippen LogP contribution in [0.1, 0.15) is 20.7 Å². The van der Waals surface area contributed by atoms with Gasteiger partial charge in [-0.25, -0.2) is 4.39 Å². The lowest BCUT2D eigenvalue weighted by molar-refractivity contribution is 0.0953. The molecule has 1 amide bonds. The average molecular weight is 352 g/mol. The Morgan fingerprint density at radius 3 is 2.67 bits per heavy atom. The summed E-state index contributed by atoms with van der Waals surface area (Å²) in [6.07, 6.45) is 0. The summed E-state index contributed by atoms with van der Waals surface area (Å²) in [5.41, 5.74) is 1.44. The molecule has 0 aliphatic carbocycles. The molecule has 0 aromatic heterocycles. The van der Waals surface area contributed by atoms with Crippen molar-refractivity contribution in [3.63, 3.8) is 0 Å². The van der Waals surface area contributed by atoms with Crippen LogP contribution in [0.5, 0.6) is 5.75 Å². The number of methoxy groups -OCH3 is 1. The molecule has 110 valence electrons. The van der Waals surface area contributed by atoms with E-state index in [1.165, 1.54) is 25.3 Å². The van der Waals surface area contributed by atoms with Crippen molar-refractivity contribution in [3.05, 3.63) is 65.5 Å². The van der Waals surface area contributed by atoms with E-state index >= 15 is 0 Å². The predicted octanol–water partition coefficient (Wildman–Crippen LogP) is 3.70. The highest BCUT2D eigenvalue weighted by Gasteiger charge is 2.12. The first-order chi connectivity index (χ1) is 10.1. The highest BCUT2D eigenvalue weighted by atomic mass is 79.9. The third kappa shape index (κ3) is 4.04. The molecule has 3 nitrogen and oxygen atoms in total. The van der Waals surface area contributed by atoms with Gasteiger partial charge in [0.25, 0.3) is 5.91 Å². The lowest BCUT2D eigenvalue weighted by atomic mass is 10.1. The van der Waals surface area contributed by atoms with Crippen molar-refractivity contribution in [1.82, 2.24) is 5.32 Å². The average Bonchev–Trinajstić information content (AvgIpc) is 2.53. The van der Waals surface area contributed by atoms with Crippen LogP contribution in [0.4, 0.5) is 4.39 Å². The monoisotopic (exact) mass is 351 g/mol. The third-order valence-electron chi connectivity index (χ3n) is 3.02. The minimum Gasteiger partial charge on any atom is -0.494 e. The molecule has 0 radical (unpaired) electrons. The van der Waals surface area contributed by atoms with Crippen molar-refractivity contribution in [1.29, 1.82) is 0 Å². The van der Waals surface area contributed by atoms with E-state index in [9.17, 15) is 9.18 Å². The number of nitrogens with one attached hydrogen (secondary N) is 1. The van der Waals surface area contributed by atoms with Gasteiger partial charge in [-0.1, -0.05) is 46.3 Å². The maximum Gasteiger partial charge on any atom is 0.251 e. The Bertz CT molecular complexity index is 619. The van der Waals surface area contributed by atoms with Crippen LogP contribution >= 0.6 is 15.9 Å². The first kappa shape index (κ1) is 15.5. The normalized spacial score (nSPS) is 11.8. The van der Waals surface area contributed by atoms with Crippen LogP contribution in [0.25, 0.3) is 0 Å². The Hall–Kier alpha value is -1.88. The zero-order chi connectivity index (χ0) is 15.2. The number of benzene rings is 2. The van der Waals surface area contributed by atoms with Gasteiger partial charge < -0.3 is 10.1 Å². The van der Waals surface area contributed by atoms with Crippen LogP contribution in [-0.4, -0.2) is 19.6 Å². The first-order valence-electron chi connectivity index (χ1n) is 6.42. The number of ether oxygens (including phenoxy) is 1. The fourth-order valence-corrected chi connectivity index (χ4v) is 2.33. The van der Waals surface area contributed by atoms with Gasteiger partial charge in [-0.2, -0.15) is 0 Å². The van der Waals surface area contributed by atoms with Gasteiger partial charge in [-0.15, -0.1) is 0 Å². The topological polar surface area (TPSA) is 38.3 Å². The van der Waals surface area contributed by atoms with E-state index in [4.69, 9.17) is 4.74 Å². The molecular formula is C16H15BrFNO2. The maximum absolute atomic E-state index is 13.3. The van der Waals surface area contributed by atoms with Gasteiger partial charge in [-0.05, 0) is 23.8 Å². The van der Waals surface area contributed by atoms with E-state index in [1.54, 1.807) is 0 Å². The Kier molecular flexibility index (Phi) is 5.33. The lowest BCUT2D eigenvalue weighted by Crippen LogP contribution is -2.26. The number of halogens is 2. The van der Waals surface area contributed by atoms with Crippen molar-refractivity contribution in [2.24, 2.45) is 0 Å². The molecule has 0 bridgehead atoms. The Morgan fingerprint density at radius 2 is 2.00 bits per heavy atom. The molecule has 0 heterocycles. The van der Waals surface area contributed by atoms with Crippen molar-refractivity contribution in [3.8, 4) is 5.75 Å². The van der Waals surface area contributed by atoms with Gasteiger partial charge in [0.15, 0.2) is 11.6 Å². The molecule has 0 aliphatic rings. The fourth-order valence-electron chi connectivity index (χ4n) is 1.87. The molecular weight excluding hydrogens is 337 g/mol. The van der Waals surface area contributed by atoms with Gasteiger partial charge in [0.2, 0.25) is 0 Å². The Balaban J connectivity index is 1.99. The summed E-state index contributed by atoms with van der Waals surface area (Å²) in [6, 6.07) is 13.8. The molecule has 21 heavy (non-hydrogen) atoms. The number of carbonyl (C=O) groups excluding carboxylic acids is 1. The zero-order valence-electron chi connectivity index (χ0n) is 11.5. The summed E-state index contributed by atoms with van der Waals surface area (Å²) < 4.78 is 18.2. The quantitative estimate of drug-likeness (QED) is 0.834. The summed E-state index contributed by atoms with van der Waals surface area (Å²) in [4.78, 5) is 12.1. The molecule has 2 rings (SSSR count). The molecule has 1 N–H and O–H groups in total. The van der Waals surface area contributed by atoms with Crippen molar-refractivity contribution in [2.75, 3.05) is 13.7 Å². The molecule has 2 aromatic rings. The van der Waals surface area contributed by atoms with Crippen molar-refractivity contribution in [2.45, 2.75) is 4.83 Å². The summed E-state index contributed by atoms with van der Waals surface area (Å²) in [6.45, 7) is 0.433. The van der Waals surface area contributed by atoms with Gasteiger partial charge in [0.05, 0.1) is 11.9 Å². The van der Waals surface area contributed by atoms with Crippen LogP contribution in [0.3, 0.4) is 0 Å². The highest BCUT2D eigenvalue weighted by Crippen LogP contribution is 2.22. The minimum atomic E-state index is -0.489. The summed E-state index contributed by atoms with van der Waals surface area (Å²) in [5, 5.41) is 2.80. The number of amides is 1. The minimum absolute atomic E-state index is 0.0185. The van der Waals surface area contributed by atoms with E-state index in [-0.39, 0.29) is 16.5 Å². The largest absolute Gasteiger partial charge is 0.494 e. The maximum atomic E-state index is 13.3. The molecule has 1 unspecified atom stereocenters. The Morgan fingerprint density at radius 1 is 1.29 bits per heavy atom. The van der Waals surface area contributed by atoms with E-state index in [1.807, 2.05) is 30.3 Å². The van der Waals surface area contributed by atoms with Gasteiger partial charge in [0, 0.05) is 12.1 Å². The van der Waals surface area contributed by atoms with E-state index in [0.717, 1.165) is 5.56 Å². The van der Waals surface area contributed by atoms with Crippen LogP contribution in [-0.2, 0) is 0 Å². The fraction of sp³-hybridized carbons (Fsp3) is 0.188. The smallest absolute Gasteiger partial charge is 0.251 e. The second-order valence-electron chi connectivity index (χ2n) is 4.44. The molecule has 0 fully saturated rings. The number of hydrogen-bond acceptors (Lipinski definition) is 2. The van der Waals surface area contributed by atoms with Crippen molar-refractivity contribution < 1.29 is 13.9 Å². The van der Waals surface area contributed by atoms with Gasteiger partial charge in [0.1, 0.15) is 0 Å². The van der Waals surface area contributed by atoms with Crippen LogP contribution in [0.15, 0.2) is 48.5 Å². The lowest BCUT2D eigenvalue weighted by Gasteiger charge is -2.12. The van der Waals surface area contributed by atoms with Gasteiger partial charge in [-0.3, -0.25) is 4.79 Å². The molecule has 0 saturated heterocycles. The van der Waals surface area contributed by atoms with E-state index < -0.39 is 5.82 Å². The van der Waals surface area contributed by atoms with Crippen LogP contribution in [0.2, 0.25) is 0 Å². The highest BCUT2D eigenvalue weighted by molar-refractivity contribution is 9.09. The molecule has 0 saturated carbocycles. The predicted molar refractivity (Wildman–Crippen MR) is 83.4 cm³/mol. The number of rotatable bonds is 5. The molecule has 2 aromatic carbocycles. The first-order valence-corrected chi connectivity index (χ1v) is 7.34. The molecule has 0 aliphatic heterocycles. The summed E-state index contributed by atoms with van der Waals surface area (Å²) in [5.74, 6) is -0.702. The van der Waals surface area contributed by atoms with Crippen LogP contribution in [0, 0.1) is 5.82 Å². The Labute approximate surface area is 131 Å². The standard InChI is InChI=1S/C16H15BrFNO2/c1-21-15-9-12(7-8-14(15)18)16(20)19-10-13(17)11-5-3-2-4-6-11/h2-9,13H,10H2,1H3,(H,19,20). The van der Waals surface area contributed by atoms with E-state index in [2.05, 4.69) is 21.2 Å². The third-order valence-corrected chi connectivity index (χ3v) is 3.87. The summed E-state index contributed by atoms with van der Waals surface area (Å²) in [7, 11) is 1.37. The van der Waals surface area contributed by atoms with Crippen molar-refractivity contribution >= 4 is 21.8 Å².